The minimum absolute atomic E-state index is 0.0433. The molecular weight excluding hydrogens is 310 g/mol. The van der Waals surface area contributed by atoms with Crippen molar-refractivity contribution in [1.82, 2.24) is 4.57 Å². The number of carbonyl (C=O) groups is 1. The van der Waals surface area contributed by atoms with E-state index in [1.54, 1.807) is 6.20 Å². The fourth-order valence-corrected chi connectivity index (χ4v) is 2.96. The van der Waals surface area contributed by atoms with Gasteiger partial charge in [0.25, 0.3) is 5.91 Å². The summed E-state index contributed by atoms with van der Waals surface area (Å²) in [6.07, 6.45) is 7.10. The number of rotatable bonds is 7. The van der Waals surface area contributed by atoms with Crippen molar-refractivity contribution in [2.75, 3.05) is 5.32 Å². The minimum Gasteiger partial charge on any atom is -0.323 e. The van der Waals surface area contributed by atoms with Gasteiger partial charge < -0.3 is 5.32 Å². The first-order valence-electron chi connectivity index (χ1n) is 8.71. The summed E-state index contributed by atoms with van der Waals surface area (Å²) in [5.74, 6) is -0.0433. The lowest BCUT2D eigenvalue weighted by atomic mass is 10.1. The van der Waals surface area contributed by atoms with Gasteiger partial charge in [-0.15, -0.1) is 0 Å². The topological polar surface area (TPSA) is 37.9 Å². The van der Waals surface area contributed by atoms with Crippen LogP contribution in [0.15, 0.2) is 61.4 Å². The van der Waals surface area contributed by atoms with Crippen LogP contribution < -0.4 is 9.88 Å². The third-order valence-electron chi connectivity index (χ3n) is 4.30. The highest BCUT2D eigenvalue weighted by molar-refractivity contribution is 5.90. The first-order chi connectivity index (χ1) is 12.2. The van der Waals surface area contributed by atoms with Crippen molar-refractivity contribution in [3.63, 3.8) is 0 Å². The predicted molar refractivity (Wildman–Crippen MR) is 102 cm³/mol. The monoisotopic (exact) mass is 334 g/mol. The fraction of sp³-hybridized carbons (Fsp3) is 0.238. The number of nitrogens with zero attached hydrogens (tertiary/aromatic N) is 2. The molecular formula is C21H24N3O+. The molecule has 0 saturated carbocycles. The van der Waals surface area contributed by atoms with Crippen LogP contribution in [0.1, 0.15) is 25.3 Å². The van der Waals surface area contributed by atoms with Gasteiger partial charge in [-0.2, -0.15) is 0 Å². The molecule has 128 valence electrons. The zero-order valence-corrected chi connectivity index (χ0v) is 14.6. The van der Waals surface area contributed by atoms with Gasteiger partial charge in [0.1, 0.15) is 0 Å². The van der Waals surface area contributed by atoms with Crippen molar-refractivity contribution in [1.29, 1.82) is 0 Å². The summed E-state index contributed by atoms with van der Waals surface area (Å²) < 4.78 is 3.85. The summed E-state index contributed by atoms with van der Waals surface area (Å²) in [4.78, 5) is 12.4. The van der Waals surface area contributed by atoms with Gasteiger partial charge in [0.15, 0.2) is 17.6 Å². The summed E-state index contributed by atoms with van der Waals surface area (Å²) >= 11 is 0. The summed E-state index contributed by atoms with van der Waals surface area (Å²) in [6.45, 7) is 6.27. The number of aromatic nitrogens is 2. The Balaban J connectivity index is 1.69. The fourth-order valence-electron chi connectivity index (χ4n) is 2.96. The van der Waals surface area contributed by atoms with Crippen LogP contribution in [-0.4, -0.2) is 10.5 Å². The van der Waals surface area contributed by atoms with Crippen LogP contribution in [0.4, 0.5) is 5.69 Å². The Bertz CT molecular complexity index is 878. The number of nitrogens with one attached hydrogen (secondary N) is 1. The number of benzene rings is 2. The SMILES string of the molecule is C=Cn1c[n+](CC(=O)Nc2ccc(CCCC)cc2)c2ccccc21. The number of para-hydroxylation sites is 2. The third kappa shape index (κ3) is 3.97. The van der Waals surface area contributed by atoms with Crippen LogP contribution in [0.5, 0.6) is 0 Å². The third-order valence-corrected chi connectivity index (χ3v) is 4.30. The predicted octanol–water partition coefficient (Wildman–Crippen LogP) is 4.01. The van der Waals surface area contributed by atoms with Crippen LogP contribution in [0, 0.1) is 0 Å². The van der Waals surface area contributed by atoms with Crippen molar-refractivity contribution in [3.05, 3.63) is 67.0 Å². The number of anilines is 1. The van der Waals surface area contributed by atoms with Crippen LogP contribution in [-0.2, 0) is 17.8 Å². The molecule has 0 aliphatic rings. The molecule has 4 heteroatoms. The molecule has 25 heavy (non-hydrogen) atoms. The van der Waals surface area contributed by atoms with Crippen molar-refractivity contribution in [2.24, 2.45) is 0 Å². The molecule has 0 spiro atoms. The molecule has 4 nitrogen and oxygen atoms in total. The largest absolute Gasteiger partial charge is 0.323 e. The average molecular weight is 334 g/mol. The second-order valence-corrected chi connectivity index (χ2v) is 6.17. The van der Waals surface area contributed by atoms with Crippen molar-refractivity contribution < 1.29 is 9.36 Å². The quantitative estimate of drug-likeness (QED) is 0.651. The summed E-state index contributed by atoms with van der Waals surface area (Å²) in [5.41, 5.74) is 4.18. The highest BCUT2D eigenvalue weighted by Crippen LogP contribution is 2.13. The first-order valence-corrected chi connectivity index (χ1v) is 8.71. The number of hydrogen-bond donors (Lipinski definition) is 1. The molecule has 1 N–H and O–H groups in total. The second-order valence-electron chi connectivity index (χ2n) is 6.17. The number of fused-ring (bicyclic) bond motifs is 1. The molecule has 3 aromatic rings. The molecule has 0 bridgehead atoms. The Hall–Kier alpha value is -2.88. The normalized spacial score (nSPS) is 10.8. The van der Waals surface area contributed by atoms with Crippen molar-refractivity contribution in [2.45, 2.75) is 32.7 Å². The van der Waals surface area contributed by atoms with E-state index >= 15 is 0 Å². The summed E-state index contributed by atoms with van der Waals surface area (Å²) in [6, 6.07) is 16.1. The zero-order valence-electron chi connectivity index (χ0n) is 14.6. The molecule has 1 amide bonds. The maximum absolute atomic E-state index is 12.4. The Labute approximate surface area is 148 Å². The van der Waals surface area contributed by atoms with E-state index in [9.17, 15) is 4.79 Å². The van der Waals surface area contributed by atoms with Crippen LogP contribution in [0.2, 0.25) is 0 Å². The van der Waals surface area contributed by atoms with Gasteiger partial charge >= 0.3 is 0 Å². The van der Waals surface area contributed by atoms with Gasteiger partial charge in [0, 0.05) is 5.69 Å². The Morgan fingerprint density at radius 1 is 1.20 bits per heavy atom. The molecule has 1 aromatic heterocycles. The molecule has 0 atom stereocenters. The summed E-state index contributed by atoms with van der Waals surface area (Å²) in [5, 5.41) is 2.97. The van der Waals surface area contributed by atoms with Gasteiger partial charge in [0.05, 0.1) is 6.20 Å². The molecule has 0 saturated heterocycles. The van der Waals surface area contributed by atoms with E-state index in [4.69, 9.17) is 0 Å². The van der Waals surface area contributed by atoms with E-state index in [1.165, 1.54) is 18.4 Å². The Morgan fingerprint density at radius 3 is 2.68 bits per heavy atom. The van der Waals surface area contributed by atoms with Crippen LogP contribution >= 0.6 is 0 Å². The zero-order chi connectivity index (χ0) is 17.6. The highest BCUT2D eigenvalue weighted by atomic mass is 16.1. The maximum atomic E-state index is 12.4. The average Bonchev–Trinajstić information content (AvgIpc) is 2.99. The van der Waals surface area contributed by atoms with Gasteiger partial charge in [-0.05, 0) is 42.7 Å². The number of amides is 1. The first kappa shape index (κ1) is 17.0. The van der Waals surface area contributed by atoms with E-state index in [-0.39, 0.29) is 12.5 Å². The van der Waals surface area contributed by atoms with E-state index in [1.807, 2.05) is 51.9 Å². The van der Waals surface area contributed by atoms with Crippen LogP contribution in [0.25, 0.3) is 17.2 Å². The van der Waals surface area contributed by atoms with Gasteiger partial charge in [-0.3, -0.25) is 4.79 Å². The maximum Gasteiger partial charge on any atom is 0.266 e. The number of imidazole rings is 1. The molecule has 0 aliphatic carbocycles. The Kier molecular flexibility index (Phi) is 5.29. The van der Waals surface area contributed by atoms with Crippen molar-refractivity contribution >= 4 is 28.8 Å². The highest BCUT2D eigenvalue weighted by Gasteiger charge is 2.16. The van der Waals surface area contributed by atoms with E-state index in [0.717, 1.165) is 23.1 Å². The Morgan fingerprint density at radius 2 is 1.96 bits per heavy atom. The molecule has 1 heterocycles. The molecule has 2 aromatic carbocycles. The lowest BCUT2D eigenvalue weighted by Crippen LogP contribution is -2.39. The number of hydrogen-bond acceptors (Lipinski definition) is 1. The lowest BCUT2D eigenvalue weighted by Gasteiger charge is -2.05. The molecule has 0 radical (unpaired) electrons. The standard InChI is InChI=1S/C21H23N3O/c1-3-5-8-17-11-13-18(14-12-17)22-21(25)15-24-16-23(4-2)19-9-6-7-10-20(19)24/h4,6-7,9-14,16H,2-3,5,8,15H2,1H3/p+1. The smallest absolute Gasteiger partial charge is 0.266 e. The molecule has 0 aliphatic heterocycles. The number of carbonyl (C=O) groups excluding carboxylic acids is 1. The second kappa shape index (κ2) is 7.79. The van der Waals surface area contributed by atoms with E-state index in [2.05, 4.69) is 31.0 Å². The summed E-state index contributed by atoms with van der Waals surface area (Å²) in [7, 11) is 0. The molecule has 0 unspecified atom stereocenters. The molecule has 3 rings (SSSR count). The van der Waals surface area contributed by atoms with Crippen LogP contribution in [0.3, 0.4) is 0 Å². The van der Waals surface area contributed by atoms with E-state index < -0.39 is 0 Å². The minimum atomic E-state index is -0.0433. The number of aryl methyl sites for hydroxylation is 1. The van der Waals surface area contributed by atoms with Gasteiger partial charge in [0.2, 0.25) is 6.33 Å². The van der Waals surface area contributed by atoms with Crippen molar-refractivity contribution in [3.8, 4) is 0 Å². The number of unbranched alkanes of at least 4 members (excludes halogenated alkanes) is 1. The van der Waals surface area contributed by atoms with E-state index in [0.29, 0.717) is 0 Å². The molecule has 0 fully saturated rings. The van der Waals surface area contributed by atoms with Gasteiger partial charge in [-0.1, -0.05) is 44.2 Å². The lowest BCUT2D eigenvalue weighted by molar-refractivity contribution is -0.658. The van der Waals surface area contributed by atoms with Gasteiger partial charge in [-0.25, -0.2) is 9.13 Å².